The molecule has 0 fully saturated rings. The van der Waals surface area contributed by atoms with E-state index in [1.54, 1.807) is 31.4 Å². The lowest BCUT2D eigenvalue weighted by Gasteiger charge is -2.14. The third kappa shape index (κ3) is 4.58. The standard InChI is InChI=1S/C18H17ClN4O3S/c1-12-20-21-18(23(12)15-7-5-14(19)6-8-15)27-17(11-22(24)25)13-3-9-16(26-2)10-4-13/h3-10,17H,11H2,1-2H3/t17-/m1/s1. The summed E-state index contributed by atoms with van der Waals surface area (Å²) in [4.78, 5) is 10.9. The average Bonchev–Trinajstić information content (AvgIpc) is 3.02. The van der Waals surface area contributed by atoms with E-state index in [0.717, 1.165) is 11.3 Å². The van der Waals surface area contributed by atoms with Crippen LogP contribution in [0.5, 0.6) is 5.75 Å². The molecule has 0 N–H and O–H groups in total. The van der Waals surface area contributed by atoms with Gasteiger partial charge in [-0.2, -0.15) is 0 Å². The highest BCUT2D eigenvalue weighted by Crippen LogP contribution is 2.36. The van der Waals surface area contributed by atoms with Gasteiger partial charge >= 0.3 is 0 Å². The molecule has 0 saturated heterocycles. The van der Waals surface area contributed by atoms with Crippen molar-refractivity contribution >= 4 is 23.4 Å². The van der Waals surface area contributed by atoms with E-state index in [0.29, 0.717) is 21.8 Å². The molecule has 0 bridgehead atoms. The highest BCUT2D eigenvalue weighted by molar-refractivity contribution is 7.99. The summed E-state index contributed by atoms with van der Waals surface area (Å²) in [7, 11) is 1.58. The molecule has 27 heavy (non-hydrogen) atoms. The molecular weight excluding hydrogens is 388 g/mol. The van der Waals surface area contributed by atoms with Crippen LogP contribution in [0.3, 0.4) is 0 Å². The molecule has 0 unspecified atom stereocenters. The van der Waals surface area contributed by atoms with E-state index in [1.807, 2.05) is 35.8 Å². The molecule has 7 nitrogen and oxygen atoms in total. The van der Waals surface area contributed by atoms with E-state index in [1.165, 1.54) is 11.8 Å². The first-order chi connectivity index (χ1) is 13.0. The van der Waals surface area contributed by atoms with Gasteiger partial charge in [0.1, 0.15) is 16.8 Å². The maximum atomic E-state index is 11.2. The lowest BCUT2D eigenvalue weighted by atomic mass is 10.1. The zero-order valence-corrected chi connectivity index (χ0v) is 16.3. The molecule has 140 valence electrons. The largest absolute Gasteiger partial charge is 0.497 e. The molecule has 9 heteroatoms. The number of nitrogens with zero attached hydrogens (tertiary/aromatic N) is 4. The van der Waals surface area contributed by atoms with Crippen LogP contribution in [0.4, 0.5) is 0 Å². The number of rotatable bonds is 7. The fourth-order valence-electron chi connectivity index (χ4n) is 2.60. The fourth-order valence-corrected chi connectivity index (χ4v) is 3.90. The number of aryl methyl sites for hydroxylation is 1. The smallest absolute Gasteiger partial charge is 0.220 e. The Kier molecular flexibility index (Phi) is 5.98. The summed E-state index contributed by atoms with van der Waals surface area (Å²) < 4.78 is 7.02. The predicted octanol–water partition coefficient (Wildman–Crippen LogP) is 4.35. The van der Waals surface area contributed by atoms with Gasteiger partial charge in [0.05, 0.1) is 7.11 Å². The first-order valence-electron chi connectivity index (χ1n) is 8.08. The summed E-state index contributed by atoms with van der Waals surface area (Å²) in [5.74, 6) is 1.39. The van der Waals surface area contributed by atoms with Gasteiger partial charge in [-0.3, -0.25) is 14.7 Å². The summed E-state index contributed by atoms with van der Waals surface area (Å²) in [6.07, 6.45) is 0. The Morgan fingerprint density at radius 3 is 2.44 bits per heavy atom. The van der Waals surface area contributed by atoms with Gasteiger partial charge in [0, 0.05) is 15.6 Å². The normalized spacial score (nSPS) is 12.0. The molecule has 0 aliphatic heterocycles. The number of hydrogen-bond acceptors (Lipinski definition) is 6. The zero-order valence-electron chi connectivity index (χ0n) is 14.7. The number of thioether (sulfide) groups is 1. The molecule has 1 heterocycles. The molecule has 0 saturated carbocycles. The fraction of sp³-hybridized carbons (Fsp3) is 0.222. The second-order valence-electron chi connectivity index (χ2n) is 5.74. The minimum atomic E-state index is -0.416. The molecule has 2 aromatic carbocycles. The number of hydrogen-bond donors (Lipinski definition) is 0. The summed E-state index contributed by atoms with van der Waals surface area (Å²) in [6.45, 7) is 1.60. The zero-order chi connectivity index (χ0) is 19.4. The van der Waals surface area contributed by atoms with Crippen molar-refractivity contribution in [3.05, 3.63) is 75.1 Å². The third-order valence-corrected chi connectivity index (χ3v) is 5.36. The van der Waals surface area contributed by atoms with Crippen LogP contribution in [0.25, 0.3) is 5.69 Å². The Hall–Kier alpha value is -2.58. The van der Waals surface area contributed by atoms with E-state index < -0.39 is 5.25 Å². The third-order valence-electron chi connectivity index (χ3n) is 3.93. The topological polar surface area (TPSA) is 83.1 Å². The quantitative estimate of drug-likeness (QED) is 0.331. The Balaban J connectivity index is 1.94. The average molecular weight is 405 g/mol. The SMILES string of the molecule is COc1ccc([C@@H](C[N+](=O)[O-])Sc2nnc(C)n2-c2ccc(Cl)cc2)cc1. The van der Waals surface area contributed by atoms with Crippen LogP contribution in [-0.4, -0.2) is 33.3 Å². The summed E-state index contributed by atoms with van der Waals surface area (Å²) >= 11 is 7.27. The first kappa shape index (κ1) is 19.2. The molecule has 0 aliphatic rings. The highest BCUT2D eigenvalue weighted by Gasteiger charge is 2.23. The monoisotopic (exact) mass is 404 g/mol. The maximum Gasteiger partial charge on any atom is 0.220 e. The van der Waals surface area contributed by atoms with Gasteiger partial charge in [-0.05, 0) is 48.9 Å². The Morgan fingerprint density at radius 1 is 1.19 bits per heavy atom. The van der Waals surface area contributed by atoms with Gasteiger partial charge < -0.3 is 4.74 Å². The number of ether oxygens (including phenoxy) is 1. The van der Waals surface area contributed by atoms with Crippen molar-refractivity contribution in [1.29, 1.82) is 0 Å². The molecule has 0 aliphatic carbocycles. The number of methoxy groups -OCH3 is 1. The van der Waals surface area contributed by atoms with Crippen LogP contribution >= 0.6 is 23.4 Å². The summed E-state index contributed by atoms with van der Waals surface area (Å²) in [6, 6.07) is 14.5. The van der Waals surface area contributed by atoms with E-state index in [4.69, 9.17) is 16.3 Å². The van der Waals surface area contributed by atoms with Crippen molar-refractivity contribution in [3.63, 3.8) is 0 Å². The van der Waals surface area contributed by atoms with Crippen molar-refractivity contribution < 1.29 is 9.66 Å². The van der Waals surface area contributed by atoms with Crippen molar-refractivity contribution in [2.24, 2.45) is 0 Å². The number of benzene rings is 2. The number of aromatic nitrogens is 3. The van der Waals surface area contributed by atoms with Crippen molar-refractivity contribution in [3.8, 4) is 11.4 Å². The van der Waals surface area contributed by atoms with Gasteiger partial charge in [-0.1, -0.05) is 35.5 Å². The molecule has 0 radical (unpaired) electrons. The molecule has 0 amide bonds. The van der Waals surface area contributed by atoms with Gasteiger partial charge in [0.2, 0.25) is 6.54 Å². The van der Waals surface area contributed by atoms with Gasteiger partial charge in [-0.25, -0.2) is 0 Å². The van der Waals surface area contributed by atoms with Crippen LogP contribution in [0.15, 0.2) is 53.7 Å². The Morgan fingerprint density at radius 2 is 1.85 bits per heavy atom. The van der Waals surface area contributed by atoms with Crippen LogP contribution in [0.1, 0.15) is 16.6 Å². The van der Waals surface area contributed by atoms with E-state index in [2.05, 4.69) is 10.2 Å². The van der Waals surface area contributed by atoms with E-state index in [-0.39, 0.29) is 11.5 Å². The summed E-state index contributed by atoms with van der Waals surface area (Å²) in [5, 5.41) is 20.4. The minimum absolute atomic E-state index is 0.233. The molecular formula is C18H17ClN4O3S. The van der Waals surface area contributed by atoms with Crippen LogP contribution in [-0.2, 0) is 0 Å². The van der Waals surface area contributed by atoms with Crippen LogP contribution in [0.2, 0.25) is 5.02 Å². The Labute approximate surface area is 165 Å². The lowest BCUT2D eigenvalue weighted by molar-refractivity contribution is -0.479. The van der Waals surface area contributed by atoms with Gasteiger partial charge in [0.25, 0.3) is 0 Å². The van der Waals surface area contributed by atoms with Crippen molar-refractivity contribution in [2.75, 3.05) is 13.7 Å². The molecule has 1 atom stereocenters. The van der Waals surface area contributed by atoms with E-state index >= 15 is 0 Å². The number of nitro groups is 1. The van der Waals surface area contributed by atoms with Crippen LogP contribution in [0, 0.1) is 17.0 Å². The Bertz CT molecular complexity index is 929. The number of halogens is 1. The van der Waals surface area contributed by atoms with Gasteiger partial charge in [0.15, 0.2) is 5.16 Å². The molecule has 0 spiro atoms. The first-order valence-corrected chi connectivity index (χ1v) is 9.34. The van der Waals surface area contributed by atoms with Crippen molar-refractivity contribution in [2.45, 2.75) is 17.3 Å². The molecule has 3 aromatic rings. The second-order valence-corrected chi connectivity index (χ2v) is 7.34. The van der Waals surface area contributed by atoms with Gasteiger partial charge in [-0.15, -0.1) is 10.2 Å². The predicted molar refractivity (Wildman–Crippen MR) is 105 cm³/mol. The minimum Gasteiger partial charge on any atom is -0.497 e. The maximum absolute atomic E-state index is 11.2. The van der Waals surface area contributed by atoms with Crippen LogP contribution < -0.4 is 4.74 Å². The highest BCUT2D eigenvalue weighted by atomic mass is 35.5. The molecule has 1 aromatic heterocycles. The van der Waals surface area contributed by atoms with Crippen molar-refractivity contribution in [1.82, 2.24) is 14.8 Å². The second kappa shape index (κ2) is 8.41. The van der Waals surface area contributed by atoms with E-state index in [9.17, 15) is 10.1 Å². The molecule has 3 rings (SSSR count). The lowest BCUT2D eigenvalue weighted by Crippen LogP contribution is -2.11. The summed E-state index contributed by atoms with van der Waals surface area (Å²) in [5.41, 5.74) is 1.67.